The van der Waals surface area contributed by atoms with Crippen LogP contribution >= 0.6 is 0 Å². The number of hydrogen-bond acceptors (Lipinski definition) is 3. The maximum atomic E-state index is 12.0. The highest BCUT2D eigenvalue weighted by Gasteiger charge is 2.25. The molecule has 0 bridgehead atoms. The second kappa shape index (κ2) is 7.07. The fourth-order valence-corrected chi connectivity index (χ4v) is 2.86. The molecule has 1 aliphatic heterocycles. The Morgan fingerprint density at radius 1 is 1.38 bits per heavy atom. The van der Waals surface area contributed by atoms with Crippen LogP contribution in [-0.2, 0) is 11.3 Å². The summed E-state index contributed by atoms with van der Waals surface area (Å²) in [6.07, 6.45) is 6.11. The van der Waals surface area contributed by atoms with Gasteiger partial charge in [-0.2, -0.15) is 5.10 Å². The van der Waals surface area contributed by atoms with Gasteiger partial charge in [0.25, 0.3) is 0 Å². The molecule has 5 nitrogen and oxygen atoms in total. The van der Waals surface area contributed by atoms with Crippen LogP contribution in [0.15, 0.2) is 12.4 Å². The minimum Gasteiger partial charge on any atom is -0.342 e. The number of nitrogens with one attached hydrogen (secondary N) is 1. The fourth-order valence-electron chi connectivity index (χ4n) is 2.86. The smallest absolute Gasteiger partial charge is 0.225 e. The molecule has 1 fully saturated rings. The molecule has 1 aromatic rings. The number of nitrogens with zero attached hydrogens (tertiary/aromatic N) is 3. The lowest BCUT2D eigenvalue weighted by Crippen LogP contribution is -2.46. The van der Waals surface area contributed by atoms with Crippen molar-refractivity contribution in [2.24, 2.45) is 5.92 Å². The highest BCUT2D eigenvalue weighted by molar-refractivity contribution is 5.78. The van der Waals surface area contributed by atoms with Crippen LogP contribution in [0.2, 0.25) is 0 Å². The molecule has 118 valence electrons. The predicted molar refractivity (Wildman–Crippen MR) is 83.9 cm³/mol. The van der Waals surface area contributed by atoms with Crippen molar-refractivity contribution in [3.63, 3.8) is 0 Å². The van der Waals surface area contributed by atoms with Crippen LogP contribution in [0.25, 0.3) is 0 Å². The Balaban J connectivity index is 1.81. The van der Waals surface area contributed by atoms with E-state index in [-0.39, 0.29) is 11.8 Å². The van der Waals surface area contributed by atoms with Crippen LogP contribution in [0.3, 0.4) is 0 Å². The summed E-state index contributed by atoms with van der Waals surface area (Å²) in [4.78, 5) is 14.0. The lowest BCUT2D eigenvalue weighted by molar-refractivity contribution is -0.135. The second-order valence-electron chi connectivity index (χ2n) is 6.27. The van der Waals surface area contributed by atoms with Gasteiger partial charge < -0.3 is 10.2 Å². The van der Waals surface area contributed by atoms with Gasteiger partial charge in [-0.3, -0.25) is 9.48 Å². The lowest BCUT2D eigenvalue weighted by Gasteiger charge is -2.34. The van der Waals surface area contributed by atoms with Gasteiger partial charge in [-0.25, -0.2) is 0 Å². The Labute approximate surface area is 127 Å². The Morgan fingerprint density at radius 2 is 2.05 bits per heavy atom. The van der Waals surface area contributed by atoms with Gasteiger partial charge in [0, 0.05) is 49.4 Å². The van der Waals surface area contributed by atoms with Gasteiger partial charge in [0.1, 0.15) is 0 Å². The van der Waals surface area contributed by atoms with Gasteiger partial charge in [-0.15, -0.1) is 0 Å². The molecule has 1 aliphatic rings. The molecule has 1 atom stereocenters. The van der Waals surface area contributed by atoms with Crippen LogP contribution in [0.1, 0.15) is 52.1 Å². The van der Waals surface area contributed by atoms with Crippen LogP contribution in [0, 0.1) is 5.92 Å². The molecule has 5 heteroatoms. The normalized spacial score (nSPS) is 18.2. The number of hydrogen-bond donors (Lipinski definition) is 1. The van der Waals surface area contributed by atoms with E-state index in [1.165, 1.54) is 5.56 Å². The first kappa shape index (κ1) is 16.0. The quantitative estimate of drug-likeness (QED) is 0.905. The van der Waals surface area contributed by atoms with E-state index in [1.807, 2.05) is 29.6 Å². The van der Waals surface area contributed by atoms with Crippen molar-refractivity contribution in [1.29, 1.82) is 0 Å². The minimum absolute atomic E-state index is 0.105. The van der Waals surface area contributed by atoms with E-state index in [0.29, 0.717) is 12.1 Å². The Bertz CT molecular complexity index is 461. The summed E-state index contributed by atoms with van der Waals surface area (Å²) in [6, 6.07) is 0.795. The molecular weight excluding hydrogens is 264 g/mol. The average Bonchev–Trinajstić information content (AvgIpc) is 2.96. The highest BCUT2D eigenvalue weighted by Crippen LogP contribution is 2.18. The summed E-state index contributed by atoms with van der Waals surface area (Å²) >= 11 is 0. The third kappa shape index (κ3) is 4.06. The number of rotatable bonds is 5. The second-order valence-corrected chi connectivity index (χ2v) is 6.27. The molecule has 1 unspecified atom stereocenters. The summed E-state index contributed by atoms with van der Waals surface area (Å²) in [5.41, 5.74) is 1.23. The van der Waals surface area contributed by atoms with Gasteiger partial charge in [0.2, 0.25) is 5.91 Å². The zero-order valence-electron chi connectivity index (χ0n) is 13.7. The van der Waals surface area contributed by atoms with E-state index in [1.54, 1.807) is 0 Å². The maximum Gasteiger partial charge on any atom is 0.225 e. The molecule has 1 aromatic heterocycles. The average molecular weight is 292 g/mol. The molecule has 0 radical (unpaired) electrons. The first-order valence-corrected chi connectivity index (χ1v) is 8.08. The summed E-state index contributed by atoms with van der Waals surface area (Å²) in [5.74, 6) is 0.388. The van der Waals surface area contributed by atoms with Gasteiger partial charge in [0.15, 0.2) is 0 Å². The predicted octanol–water partition coefficient (Wildman–Crippen LogP) is 2.20. The highest BCUT2D eigenvalue weighted by atomic mass is 16.2. The van der Waals surface area contributed by atoms with Crippen molar-refractivity contribution in [3.05, 3.63) is 18.0 Å². The van der Waals surface area contributed by atoms with Crippen molar-refractivity contribution in [3.8, 4) is 0 Å². The van der Waals surface area contributed by atoms with E-state index < -0.39 is 0 Å². The van der Waals surface area contributed by atoms with E-state index in [2.05, 4.69) is 30.5 Å². The van der Waals surface area contributed by atoms with Crippen LogP contribution in [0.4, 0.5) is 0 Å². The molecule has 0 aromatic carbocycles. The number of aromatic nitrogens is 2. The maximum absolute atomic E-state index is 12.0. The van der Waals surface area contributed by atoms with Crippen molar-refractivity contribution in [2.45, 2.75) is 59.2 Å². The summed E-state index contributed by atoms with van der Waals surface area (Å²) in [6.45, 7) is 10.9. The molecule has 2 rings (SSSR count). The number of amides is 1. The molecule has 1 saturated heterocycles. The van der Waals surface area contributed by atoms with Crippen molar-refractivity contribution in [2.75, 3.05) is 13.1 Å². The van der Waals surface area contributed by atoms with Crippen LogP contribution in [0.5, 0.6) is 0 Å². The SMILES string of the molecule is CCn1cc(C(C)NC2CCN(C(=O)C(C)C)CC2)cn1. The molecular formula is C16H28N4O. The van der Waals surface area contributed by atoms with Crippen molar-refractivity contribution in [1.82, 2.24) is 20.0 Å². The standard InChI is InChI=1S/C16H28N4O/c1-5-20-11-14(10-17-20)13(4)18-15-6-8-19(9-7-15)16(21)12(2)3/h10-13,15,18H,5-9H2,1-4H3. The summed E-state index contributed by atoms with van der Waals surface area (Å²) in [5, 5.41) is 8.00. The molecule has 0 spiro atoms. The van der Waals surface area contributed by atoms with Crippen LogP contribution < -0.4 is 5.32 Å². The zero-order chi connectivity index (χ0) is 15.4. The van der Waals surface area contributed by atoms with E-state index in [4.69, 9.17) is 0 Å². The first-order valence-electron chi connectivity index (χ1n) is 8.08. The molecule has 0 saturated carbocycles. The third-order valence-electron chi connectivity index (χ3n) is 4.26. The molecule has 2 heterocycles. The fraction of sp³-hybridized carbons (Fsp3) is 0.750. The number of piperidine rings is 1. The van der Waals surface area contributed by atoms with Crippen LogP contribution in [-0.4, -0.2) is 39.7 Å². The van der Waals surface area contributed by atoms with Gasteiger partial charge >= 0.3 is 0 Å². The Kier molecular flexibility index (Phi) is 5.39. The van der Waals surface area contributed by atoms with Crippen molar-refractivity contribution < 1.29 is 4.79 Å². The molecule has 1 N–H and O–H groups in total. The molecule has 21 heavy (non-hydrogen) atoms. The monoisotopic (exact) mass is 292 g/mol. The number of likely N-dealkylation sites (tertiary alicyclic amines) is 1. The largest absolute Gasteiger partial charge is 0.342 e. The molecule has 0 aliphatic carbocycles. The first-order chi connectivity index (χ1) is 10.0. The van der Waals surface area contributed by atoms with Gasteiger partial charge in [0.05, 0.1) is 6.20 Å². The lowest BCUT2D eigenvalue weighted by atomic mass is 10.0. The summed E-state index contributed by atoms with van der Waals surface area (Å²) in [7, 11) is 0. The van der Waals surface area contributed by atoms with Gasteiger partial charge in [-0.1, -0.05) is 13.8 Å². The Morgan fingerprint density at radius 3 is 2.57 bits per heavy atom. The minimum atomic E-state index is 0.105. The number of carbonyl (C=O) groups excluding carboxylic acids is 1. The third-order valence-corrected chi connectivity index (χ3v) is 4.26. The van der Waals surface area contributed by atoms with E-state index in [0.717, 1.165) is 32.5 Å². The zero-order valence-corrected chi connectivity index (χ0v) is 13.7. The topological polar surface area (TPSA) is 50.2 Å². The number of aryl methyl sites for hydroxylation is 1. The van der Waals surface area contributed by atoms with Crippen molar-refractivity contribution >= 4 is 5.91 Å². The van der Waals surface area contributed by atoms with Gasteiger partial charge in [-0.05, 0) is 26.7 Å². The Hall–Kier alpha value is -1.36. The summed E-state index contributed by atoms with van der Waals surface area (Å²) < 4.78 is 1.96. The number of carbonyl (C=O) groups is 1. The van der Waals surface area contributed by atoms with E-state index >= 15 is 0 Å². The van der Waals surface area contributed by atoms with E-state index in [9.17, 15) is 4.79 Å². The molecule has 1 amide bonds.